The number of hydrogen-bond acceptors (Lipinski definition) is 8. The number of carbonyl (C=O) groups excluding carboxylic acids is 1. The van der Waals surface area contributed by atoms with E-state index >= 15 is 4.39 Å². The largest absolute Gasteiger partial charge is 0.465 e. The third-order valence-corrected chi connectivity index (χ3v) is 8.95. The molecule has 0 saturated heterocycles. The second kappa shape index (κ2) is 15.7. The van der Waals surface area contributed by atoms with Gasteiger partial charge in [-0.05, 0) is 65.2 Å². The molecule has 260 valence electrons. The zero-order valence-corrected chi connectivity index (χ0v) is 29.3. The Hall–Kier alpha value is -5.05. The number of carboxylic acid groups (broad SMARTS) is 1. The molecule has 5 aromatic rings. The number of thiocarbonyl (C=S) groups is 1. The molecule has 1 atom stereocenters. The fourth-order valence-corrected chi connectivity index (χ4v) is 6.68. The molecule has 0 aliphatic heterocycles. The molecule has 0 spiro atoms. The summed E-state index contributed by atoms with van der Waals surface area (Å²) >= 11 is 6.58. The summed E-state index contributed by atoms with van der Waals surface area (Å²) in [5.74, 6) is -1.10. The number of hydrogen-bond donors (Lipinski definition) is 3. The average Bonchev–Trinajstić information content (AvgIpc) is 3.50. The summed E-state index contributed by atoms with van der Waals surface area (Å²) in [5.41, 5.74) is 2.55. The van der Waals surface area contributed by atoms with Gasteiger partial charge in [-0.3, -0.25) is 19.7 Å². The molecule has 1 unspecified atom stereocenters. The number of nitrogens with one attached hydrogen (secondary N) is 2. The SMILES string of the molecule is COCCN(C(=O)O)C(c1ccc(-c2cc3nccc(Oc4ccc(NC(=S)NC(=O)Cc5ccc(F)cc5)cc4F)c3s2)nc1)C(C)(C)C. The molecule has 0 aliphatic carbocycles. The van der Waals surface area contributed by atoms with Crippen molar-refractivity contribution in [2.75, 3.05) is 25.6 Å². The van der Waals surface area contributed by atoms with Crippen LogP contribution in [0.15, 0.2) is 79.1 Å². The van der Waals surface area contributed by atoms with Crippen LogP contribution in [0, 0.1) is 17.0 Å². The Labute approximate surface area is 297 Å². The highest BCUT2D eigenvalue weighted by Gasteiger charge is 2.35. The van der Waals surface area contributed by atoms with Crippen molar-refractivity contribution in [3.63, 3.8) is 0 Å². The molecule has 3 aromatic heterocycles. The normalized spacial score (nSPS) is 12.0. The Balaban J connectivity index is 1.28. The summed E-state index contributed by atoms with van der Waals surface area (Å²) in [6.07, 6.45) is 2.22. The van der Waals surface area contributed by atoms with Gasteiger partial charge in [0.2, 0.25) is 5.91 Å². The number of benzene rings is 2. The van der Waals surface area contributed by atoms with E-state index in [1.165, 1.54) is 59.7 Å². The molecule has 0 saturated carbocycles. The number of aromatic nitrogens is 2. The third-order valence-electron chi connectivity index (χ3n) is 7.58. The van der Waals surface area contributed by atoms with E-state index in [1.54, 1.807) is 24.5 Å². The molecule has 5 rings (SSSR count). The number of pyridine rings is 2. The molecular formula is C36H35F2N5O5S2. The minimum atomic E-state index is -1.04. The molecule has 3 N–H and O–H groups in total. The lowest BCUT2D eigenvalue weighted by atomic mass is 9.81. The van der Waals surface area contributed by atoms with Crippen LogP contribution in [-0.2, 0) is 16.0 Å². The van der Waals surface area contributed by atoms with Crippen LogP contribution >= 0.6 is 23.6 Å². The topological polar surface area (TPSA) is 126 Å². The number of ether oxygens (including phenoxy) is 2. The summed E-state index contributed by atoms with van der Waals surface area (Å²) in [7, 11) is 1.53. The van der Waals surface area contributed by atoms with Crippen LogP contribution in [0.1, 0.15) is 37.9 Å². The molecule has 0 bridgehead atoms. The quantitative estimate of drug-likeness (QED) is 0.116. The predicted octanol–water partition coefficient (Wildman–Crippen LogP) is 8.20. The lowest BCUT2D eigenvalue weighted by Crippen LogP contribution is -2.42. The second-order valence-electron chi connectivity index (χ2n) is 12.4. The van der Waals surface area contributed by atoms with Gasteiger partial charge < -0.3 is 25.2 Å². The van der Waals surface area contributed by atoms with Crippen LogP contribution in [0.2, 0.25) is 0 Å². The number of methoxy groups -OCH3 is 1. The van der Waals surface area contributed by atoms with Gasteiger partial charge in [-0.15, -0.1) is 11.3 Å². The Morgan fingerprint density at radius 1 is 1.02 bits per heavy atom. The van der Waals surface area contributed by atoms with Crippen LogP contribution < -0.4 is 15.4 Å². The van der Waals surface area contributed by atoms with Gasteiger partial charge in [0.1, 0.15) is 11.6 Å². The fourth-order valence-electron chi connectivity index (χ4n) is 5.41. The van der Waals surface area contributed by atoms with Crippen molar-refractivity contribution in [3.8, 4) is 22.1 Å². The van der Waals surface area contributed by atoms with Crippen molar-refractivity contribution in [1.29, 1.82) is 0 Å². The molecule has 2 aromatic carbocycles. The van der Waals surface area contributed by atoms with E-state index in [0.29, 0.717) is 32.9 Å². The number of anilines is 1. The number of rotatable bonds is 11. The van der Waals surface area contributed by atoms with E-state index in [9.17, 15) is 19.1 Å². The van der Waals surface area contributed by atoms with Crippen molar-refractivity contribution in [1.82, 2.24) is 20.2 Å². The van der Waals surface area contributed by atoms with E-state index in [2.05, 4.69) is 20.6 Å². The first-order valence-corrected chi connectivity index (χ1v) is 16.7. The first kappa shape index (κ1) is 36.2. The van der Waals surface area contributed by atoms with Crippen LogP contribution in [0.4, 0.5) is 19.3 Å². The van der Waals surface area contributed by atoms with Gasteiger partial charge in [0.05, 0.1) is 39.9 Å². The molecule has 14 heteroatoms. The second-order valence-corrected chi connectivity index (χ2v) is 13.9. The molecule has 0 aliphatic rings. The summed E-state index contributed by atoms with van der Waals surface area (Å²) in [6.45, 7) is 6.42. The molecule has 0 radical (unpaired) electrons. The number of amides is 2. The number of nitrogens with zero attached hydrogens (tertiary/aromatic N) is 3. The number of halogens is 2. The number of fused-ring (bicyclic) bond motifs is 1. The van der Waals surface area contributed by atoms with Crippen molar-refractivity contribution < 1.29 is 33.0 Å². The summed E-state index contributed by atoms with van der Waals surface area (Å²) in [6, 6.07) is 16.5. The first-order chi connectivity index (χ1) is 23.8. The van der Waals surface area contributed by atoms with Gasteiger partial charge in [0.15, 0.2) is 16.7 Å². The maximum Gasteiger partial charge on any atom is 0.407 e. The van der Waals surface area contributed by atoms with Gasteiger partial charge in [-0.25, -0.2) is 13.6 Å². The molecule has 10 nitrogen and oxygen atoms in total. The smallest absolute Gasteiger partial charge is 0.407 e. The predicted molar refractivity (Wildman–Crippen MR) is 193 cm³/mol. The van der Waals surface area contributed by atoms with E-state index in [-0.39, 0.29) is 30.4 Å². The zero-order chi connectivity index (χ0) is 36.0. The molecule has 3 heterocycles. The Kier molecular flexibility index (Phi) is 11.3. The van der Waals surface area contributed by atoms with Gasteiger partial charge in [0, 0.05) is 43.9 Å². The minimum absolute atomic E-state index is 0.00599. The summed E-state index contributed by atoms with van der Waals surface area (Å²) in [4.78, 5) is 35.8. The van der Waals surface area contributed by atoms with Crippen LogP contribution in [0.5, 0.6) is 11.5 Å². The number of thiophene rings is 1. The Morgan fingerprint density at radius 3 is 2.42 bits per heavy atom. The maximum absolute atomic E-state index is 15.2. The van der Waals surface area contributed by atoms with Crippen LogP contribution in [-0.4, -0.2) is 57.3 Å². The Morgan fingerprint density at radius 2 is 1.78 bits per heavy atom. The lowest BCUT2D eigenvalue weighted by Gasteiger charge is -2.38. The highest BCUT2D eigenvalue weighted by Crippen LogP contribution is 2.41. The fraction of sp³-hybridized carbons (Fsp3) is 0.250. The van der Waals surface area contributed by atoms with Gasteiger partial charge >= 0.3 is 6.09 Å². The Bertz CT molecular complexity index is 2000. The number of carbonyl (C=O) groups is 2. The van der Waals surface area contributed by atoms with Crippen molar-refractivity contribution in [3.05, 3.63) is 102 Å². The zero-order valence-electron chi connectivity index (χ0n) is 27.7. The van der Waals surface area contributed by atoms with E-state index in [4.69, 9.17) is 21.7 Å². The monoisotopic (exact) mass is 719 g/mol. The average molecular weight is 720 g/mol. The maximum atomic E-state index is 15.2. The molecule has 0 fully saturated rings. The van der Waals surface area contributed by atoms with E-state index in [0.717, 1.165) is 10.4 Å². The van der Waals surface area contributed by atoms with Gasteiger partial charge in [0.25, 0.3) is 0 Å². The third kappa shape index (κ3) is 8.94. The lowest BCUT2D eigenvalue weighted by molar-refractivity contribution is -0.119. The summed E-state index contributed by atoms with van der Waals surface area (Å²) in [5, 5.41) is 15.2. The van der Waals surface area contributed by atoms with Gasteiger partial charge in [-0.1, -0.05) is 39.0 Å². The van der Waals surface area contributed by atoms with Crippen LogP contribution in [0.25, 0.3) is 20.8 Å². The van der Waals surface area contributed by atoms with Gasteiger partial charge in [-0.2, -0.15) is 0 Å². The minimum Gasteiger partial charge on any atom is -0.465 e. The summed E-state index contributed by atoms with van der Waals surface area (Å²) < 4.78 is 40.1. The van der Waals surface area contributed by atoms with E-state index in [1.807, 2.05) is 39.0 Å². The van der Waals surface area contributed by atoms with Crippen molar-refractivity contribution in [2.24, 2.45) is 5.41 Å². The van der Waals surface area contributed by atoms with Crippen molar-refractivity contribution in [2.45, 2.75) is 33.2 Å². The molecule has 2 amide bonds. The molecule has 50 heavy (non-hydrogen) atoms. The first-order valence-electron chi connectivity index (χ1n) is 15.5. The van der Waals surface area contributed by atoms with Crippen molar-refractivity contribution >= 4 is 56.6 Å². The molecular weight excluding hydrogens is 685 g/mol. The highest BCUT2D eigenvalue weighted by molar-refractivity contribution is 7.80. The van der Waals surface area contributed by atoms with E-state index < -0.39 is 35.1 Å². The van der Waals surface area contributed by atoms with Crippen LogP contribution in [0.3, 0.4) is 0 Å². The standard InChI is InChI=1S/C36H35F2N5O5S2/c1-36(2,3)33(43(35(45)46)15-16-47-4)22-7-11-26(40-20-22)30-19-27-32(50-30)29(13-14-39-27)48-28-12-10-24(18-25(28)38)41-34(49)42-31(44)17-21-5-8-23(37)9-6-21/h5-14,18-20,33H,15-17H2,1-4H3,(H,45,46)(H2,41,42,44,49). The highest BCUT2D eigenvalue weighted by atomic mass is 32.1.